The maximum Gasteiger partial charge on any atom is 0.251 e. The highest BCUT2D eigenvalue weighted by Crippen LogP contribution is 2.27. The first-order valence-corrected chi connectivity index (χ1v) is 12.9. The molecule has 1 N–H and O–H groups in total. The van der Waals surface area contributed by atoms with E-state index >= 15 is 0 Å². The van der Waals surface area contributed by atoms with Gasteiger partial charge in [-0.25, -0.2) is 14.4 Å². The number of nitrogens with one attached hydrogen (secondary N) is 1. The van der Waals surface area contributed by atoms with Gasteiger partial charge in [-0.2, -0.15) is 0 Å². The number of halogens is 1. The summed E-state index contributed by atoms with van der Waals surface area (Å²) in [6.07, 6.45) is 4.28. The Morgan fingerprint density at radius 1 is 1.00 bits per heavy atom. The van der Waals surface area contributed by atoms with Crippen LogP contribution >= 0.6 is 11.8 Å². The largest absolute Gasteiger partial charge is 0.351 e. The van der Waals surface area contributed by atoms with Crippen molar-refractivity contribution in [1.29, 1.82) is 0 Å². The van der Waals surface area contributed by atoms with Gasteiger partial charge in [-0.3, -0.25) is 9.36 Å². The Kier molecular flexibility index (Phi) is 7.39. The van der Waals surface area contributed by atoms with Gasteiger partial charge in [0.1, 0.15) is 11.3 Å². The molecule has 35 heavy (non-hydrogen) atoms. The number of benzene rings is 2. The Balaban J connectivity index is 1.26. The van der Waals surface area contributed by atoms with Crippen LogP contribution in [-0.2, 0) is 12.3 Å². The van der Waals surface area contributed by atoms with Gasteiger partial charge < -0.3 is 10.2 Å². The summed E-state index contributed by atoms with van der Waals surface area (Å²) in [5.74, 6) is 0.403. The lowest BCUT2D eigenvalue weighted by Crippen LogP contribution is -2.33. The Labute approximate surface area is 208 Å². The molecule has 2 aromatic heterocycles. The van der Waals surface area contributed by atoms with Crippen LogP contribution in [0.2, 0.25) is 0 Å². The number of nitrogens with zero attached hydrogens (tertiary/aromatic N) is 4. The van der Waals surface area contributed by atoms with Crippen LogP contribution in [0.4, 0.5) is 4.39 Å². The second-order valence-corrected chi connectivity index (χ2v) is 9.69. The van der Waals surface area contributed by atoms with Crippen LogP contribution in [-0.4, -0.2) is 51.5 Å². The maximum atomic E-state index is 13.2. The summed E-state index contributed by atoms with van der Waals surface area (Å²) in [4.78, 5) is 24.2. The number of fused-ring (bicyclic) bond motifs is 1. The minimum atomic E-state index is -0.237. The number of aromatic nitrogens is 3. The first kappa shape index (κ1) is 23.5. The lowest BCUT2D eigenvalue weighted by Gasteiger charge is -2.14. The van der Waals surface area contributed by atoms with Crippen molar-refractivity contribution in [3.8, 4) is 0 Å². The number of hydrogen-bond acceptors (Lipinski definition) is 5. The summed E-state index contributed by atoms with van der Waals surface area (Å²) in [5, 5.41) is 3.88. The van der Waals surface area contributed by atoms with E-state index in [0.717, 1.165) is 47.1 Å². The van der Waals surface area contributed by atoms with Crippen molar-refractivity contribution in [2.24, 2.45) is 0 Å². The number of amides is 1. The molecule has 1 aliphatic heterocycles. The van der Waals surface area contributed by atoms with E-state index in [1.165, 1.54) is 25.0 Å². The summed E-state index contributed by atoms with van der Waals surface area (Å²) in [5.41, 5.74) is 4.41. The molecule has 0 saturated carbocycles. The van der Waals surface area contributed by atoms with E-state index < -0.39 is 0 Å². The minimum Gasteiger partial charge on any atom is -0.351 e. The Morgan fingerprint density at radius 3 is 2.51 bits per heavy atom. The summed E-state index contributed by atoms with van der Waals surface area (Å²) in [6, 6.07) is 18.1. The molecule has 180 valence electrons. The molecule has 4 aromatic rings. The van der Waals surface area contributed by atoms with Gasteiger partial charge in [-0.1, -0.05) is 36.0 Å². The quantitative estimate of drug-likeness (QED) is 0.344. The van der Waals surface area contributed by atoms with Crippen LogP contribution in [0.15, 0.2) is 72.0 Å². The number of rotatable bonds is 9. The smallest absolute Gasteiger partial charge is 0.251 e. The standard InChI is InChI=1S/C27H28FN5OS/c28-23-11-7-21(8-12-23)19-35-27-31-24-4-3-13-29-25(24)33(27)18-20-5-9-22(10-6-20)26(34)30-14-17-32-15-1-2-16-32/h3-13H,1-2,14-19H2,(H,30,34). The number of thioether (sulfide) groups is 1. The maximum absolute atomic E-state index is 13.2. The monoisotopic (exact) mass is 489 g/mol. The lowest BCUT2D eigenvalue weighted by molar-refractivity contribution is 0.0949. The SMILES string of the molecule is O=C(NCCN1CCCC1)c1ccc(Cn2c(SCc3ccc(F)cc3)nc3cccnc32)cc1. The van der Waals surface area contributed by atoms with E-state index in [1.54, 1.807) is 30.1 Å². The van der Waals surface area contributed by atoms with Crippen LogP contribution in [0.3, 0.4) is 0 Å². The summed E-state index contributed by atoms with van der Waals surface area (Å²) in [7, 11) is 0. The van der Waals surface area contributed by atoms with E-state index in [2.05, 4.69) is 19.8 Å². The predicted molar refractivity (Wildman–Crippen MR) is 137 cm³/mol. The fourth-order valence-corrected chi connectivity index (χ4v) is 5.26. The van der Waals surface area contributed by atoms with Crippen LogP contribution < -0.4 is 5.32 Å². The fourth-order valence-electron chi connectivity index (χ4n) is 4.30. The summed E-state index contributed by atoms with van der Waals surface area (Å²) in [6.45, 7) is 4.43. The second-order valence-electron chi connectivity index (χ2n) is 8.74. The zero-order valence-electron chi connectivity index (χ0n) is 19.5. The van der Waals surface area contributed by atoms with E-state index in [9.17, 15) is 9.18 Å². The first-order chi connectivity index (χ1) is 17.2. The van der Waals surface area contributed by atoms with Crippen LogP contribution in [0, 0.1) is 5.82 Å². The first-order valence-electron chi connectivity index (χ1n) is 11.9. The van der Waals surface area contributed by atoms with Crippen molar-refractivity contribution >= 4 is 28.8 Å². The lowest BCUT2D eigenvalue weighted by atomic mass is 10.1. The van der Waals surface area contributed by atoms with Gasteiger partial charge in [0, 0.05) is 30.6 Å². The average molecular weight is 490 g/mol. The van der Waals surface area contributed by atoms with E-state index in [-0.39, 0.29) is 11.7 Å². The van der Waals surface area contributed by atoms with Gasteiger partial charge in [-0.15, -0.1) is 0 Å². The molecule has 6 nitrogen and oxygen atoms in total. The molecular weight excluding hydrogens is 461 g/mol. The van der Waals surface area contributed by atoms with Crippen molar-refractivity contribution in [3.05, 3.63) is 89.4 Å². The predicted octanol–water partition coefficient (Wildman–Crippen LogP) is 4.74. The molecule has 0 bridgehead atoms. The van der Waals surface area contributed by atoms with Crippen LogP contribution in [0.5, 0.6) is 0 Å². The molecule has 5 rings (SSSR count). The average Bonchev–Trinajstić information content (AvgIpc) is 3.52. The molecule has 2 aromatic carbocycles. The van der Waals surface area contributed by atoms with Crippen molar-refractivity contribution < 1.29 is 9.18 Å². The Bertz CT molecular complexity index is 1280. The van der Waals surface area contributed by atoms with E-state index in [1.807, 2.05) is 36.4 Å². The van der Waals surface area contributed by atoms with E-state index in [0.29, 0.717) is 24.4 Å². The third-order valence-corrected chi connectivity index (χ3v) is 7.27. The summed E-state index contributed by atoms with van der Waals surface area (Å²) >= 11 is 1.60. The topological polar surface area (TPSA) is 63.1 Å². The molecule has 0 atom stereocenters. The molecule has 0 radical (unpaired) electrons. The number of likely N-dealkylation sites (tertiary alicyclic amines) is 1. The van der Waals surface area contributed by atoms with Crippen molar-refractivity contribution in [1.82, 2.24) is 24.8 Å². The molecule has 0 spiro atoms. The summed E-state index contributed by atoms with van der Waals surface area (Å²) < 4.78 is 15.3. The Morgan fingerprint density at radius 2 is 1.74 bits per heavy atom. The molecule has 1 amide bonds. The van der Waals surface area contributed by atoms with Crippen molar-refractivity contribution in [3.63, 3.8) is 0 Å². The Hall–Kier alpha value is -3.23. The zero-order valence-corrected chi connectivity index (χ0v) is 20.3. The number of imidazole rings is 1. The van der Waals surface area contributed by atoms with Gasteiger partial charge in [0.2, 0.25) is 0 Å². The van der Waals surface area contributed by atoms with Gasteiger partial charge in [0.15, 0.2) is 10.8 Å². The number of carbonyl (C=O) groups excluding carboxylic acids is 1. The fraction of sp³-hybridized carbons (Fsp3) is 0.296. The van der Waals surface area contributed by atoms with Crippen LogP contribution in [0.25, 0.3) is 11.2 Å². The van der Waals surface area contributed by atoms with E-state index in [4.69, 9.17) is 4.98 Å². The van der Waals surface area contributed by atoms with Gasteiger partial charge in [-0.05, 0) is 73.5 Å². The highest BCUT2D eigenvalue weighted by atomic mass is 32.2. The normalized spacial score (nSPS) is 14.0. The molecule has 1 fully saturated rings. The second kappa shape index (κ2) is 11.0. The number of hydrogen-bond donors (Lipinski definition) is 1. The van der Waals surface area contributed by atoms with Crippen molar-refractivity contribution in [2.45, 2.75) is 30.3 Å². The molecule has 1 aliphatic rings. The molecule has 3 heterocycles. The highest BCUT2D eigenvalue weighted by molar-refractivity contribution is 7.98. The van der Waals surface area contributed by atoms with Crippen LogP contribution in [0.1, 0.15) is 34.3 Å². The molecular formula is C27H28FN5OS. The van der Waals surface area contributed by atoms with Gasteiger partial charge in [0.05, 0.1) is 6.54 Å². The molecule has 0 unspecified atom stereocenters. The van der Waals surface area contributed by atoms with Gasteiger partial charge >= 0.3 is 0 Å². The molecule has 0 aliphatic carbocycles. The molecule has 1 saturated heterocycles. The molecule has 8 heteroatoms. The third-order valence-electron chi connectivity index (χ3n) is 6.22. The minimum absolute atomic E-state index is 0.0407. The van der Waals surface area contributed by atoms with Crippen molar-refractivity contribution in [2.75, 3.05) is 26.2 Å². The number of pyridine rings is 1. The number of carbonyl (C=O) groups is 1. The highest BCUT2D eigenvalue weighted by Gasteiger charge is 2.14. The zero-order chi connectivity index (χ0) is 24.0. The third kappa shape index (κ3) is 5.89. The van der Waals surface area contributed by atoms with Gasteiger partial charge in [0.25, 0.3) is 5.91 Å².